The molecule has 0 amide bonds. The van der Waals surface area contributed by atoms with Crippen molar-refractivity contribution in [3.63, 3.8) is 0 Å². The molecule has 3 nitrogen and oxygen atoms in total. The number of rotatable bonds is 3. The van der Waals surface area contributed by atoms with E-state index in [1.807, 2.05) is 18.2 Å². The monoisotopic (exact) mass is 324 g/mol. The molecule has 4 heteroatoms. The van der Waals surface area contributed by atoms with Crippen LogP contribution in [0.15, 0.2) is 46.1 Å². The highest BCUT2D eigenvalue weighted by atomic mass is 32.2. The lowest BCUT2D eigenvalue weighted by Gasteiger charge is -2.16. The quantitative estimate of drug-likeness (QED) is 0.710. The predicted molar refractivity (Wildman–Crippen MR) is 97.3 cm³/mol. The first-order chi connectivity index (χ1) is 11.0. The zero-order valence-corrected chi connectivity index (χ0v) is 14.6. The van der Waals surface area contributed by atoms with E-state index in [9.17, 15) is 4.79 Å². The summed E-state index contributed by atoms with van der Waals surface area (Å²) in [5.74, 6) is 0.720. The summed E-state index contributed by atoms with van der Waals surface area (Å²) in [6.07, 6.45) is 0. The molecule has 0 fully saturated rings. The van der Waals surface area contributed by atoms with Crippen molar-refractivity contribution in [2.45, 2.75) is 37.8 Å². The fraction of sp³-hybridized carbons (Fsp3) is 0.263. The number of aromatic nitrogens is 2. The minimum Gasteiger partial charge on any atom is -0.309 e. The van der Waals surface area contributed by atoms with Crippen LogP contribution in [-0.4, -0.2) is 9.97 Å². The molecule has 3 aromatic rings. The third-order valence-electron chi connectivity index (χ3n) is 3.92. The van der Waals surface area contributed by atoms with E-state index in [2.05, 4.69) is 49.8 Å². The minimum atomic E-state index is -0.0737. The van der Waals surface area contributed by atoms with E-state index >= 15 is 0 Å². The molecule has 1 heterocycles. The van der Waals surface area contributed by atoms with Gasteiger partial charge in [0.1, 0.15) is 5.82 Å². The van der Waals surface area contributed by atoms with E-state index in [4.69, 9.17) is 0 Å². The van der Waals surface area contributed by atoms with Crippen LogP contribution in [0.5, 0.6) is 0 Å². The molecular formula is C19H20N2OS. The summed E-state index contributed by atoms with van der Waals surface area (Å²) in [7, 11) is 0. The lowest BCUT2D eigenvalue weighted by Crippen LogP contribution is -2.12. The zero-order valence-electron chi connectivity index (χ0n) is 13.8. The highest BCUT2D eigenvalue weighted by Crippen LogP contribution is 2.37. The van der Waals surface area contributed by atoms with Crippen molar-refractivity contribution in [3.05, 3.63) is 69.3 Å². The first-order valence-corrected chi connectivity index (χ1v) is 8.57. The standard InChI is InChI=1S/C19H20N2OS/c1-11-9-12(2)17(13(3)10-11)23-14(4)18-20-16-8-6-5-7-15(16)19(22)21-18/h5-10,14H,1-4H3,(H,20,21,22)/t14-/m0/s1. The van der Waals surface area contributed by atoms with E-state index in [0.29, 0.717) is 5.39 Å². The second-order valence-electron chi connectivity index (χ2n) is 5.96. The summed E-state index contributed by atoms with van der Waals surface area (Å²) >= 11 is 1.74. The van der Waals surface area contributed by atoms with Gasteiger partial charge in [-0.1, -0.05) is 29.8 Å². The van der Waals surface area contributed by atoms with Gasteiger partial charge in [0.2, 0.25) is 0 Å². The van der Waals surface area contributed by atoms with E-state index < -0.39 is 0 Å². The van der Waals surface area contributed by atoms with Crippen LogP contribution >= 0.6 is 11.8 Å². The molecule has 118 valence electrons. The summed E-state index contributed by atoms with van der Waals surface area (Å²) < 4.78 is 0. The van der Waals surface area contributed by atoms with E-state index in [1.165, 1.54) is 21.6 Å². The first-order valence-electron chi connectivity index (χ1n) is 7.69. The van der Waals surface area contributed by atoms with Gasteiger partial charge in [-0.05, 0) is 51.0 Å². The van der Waals surface area contributed by atoms with Crippen molar-refractivity contribution in [2.24, 2.45) is 0 Å². The van der Waals surface area contributed by atoms with Gasteiger partial charge in [0.05, 0.1) is 16.2 Å². The van der Waals surface area contributed by atoms with Gasteiger partial charge in [0.15, 0.2) is 0 Å². The van der Waals surface area contributed by atoms with Gasteiger partial charge < -0.3 is 4.98 Å². The van der Waals surface area contributed by atoms with Crippen LogP contribution in [0, 0.1) is 20.8 Å². The molecule has 2 aromatic carbocycles. The van der Waals surface area contributed by atoms with E-state index in [-0.39, 0.29) is 10.8 Å². The fourth-order valence-electron chi connectivity index (χ4n) is 2.88. The van der Waals surface area contributed by atoms with Gasteiger partial charge in [-0.25, -0.2) is 4.98 Å². The van der Waals surface area contributed by atoms with Crippen LogP contribution < -0.4 is 5.56 Å². The normalized spacial score (nSPS) is 12.5. The SMILES string of the molecule is Cc1cc(C)c(S[C@@H](C)c2nc3ccccc3c(=O)[nH]2)c(C)c1. The van der Waals surface area contributed by atoms with Crippen LogP contribution in [0.25, 0.3) is 10.9 Å². The molecule has 0 unspecified atom stereocenters. The third-order valence-corrected chi connectivity index (χ3v) is 5.37. The Morgan fingerprint density at radius 2 is 1.74 bits per heavy atom. The molecule has 0 bridgehead atoms. The van der Waals surface area contributed by atoms with Crippen LogP contribution in [0.4, 0.5) is 0 Å². The summed E-state index contributed by atoms with van der Waals surface area (Å²) in [5, 5.41) is 0.712. The van der Waals surface area contributed by atoms with Gasteiger partial charge >= 0.3 is 0 Å². The second kappa shape index (κ2) is 6.20. The van der Waals surface area contributed by atoms with Gasteiger partial charge in [0.25, 0.3) is 5.56 Å². The Morgan fingerprint density at radius 3 is 2.43 bits per heavy atom. The predicted octanol–water partition coefficient (Wildman–Crippen LogP) is 4.70. The number of fused-ring (bicyclic) bond motifs is 1. The minimum absolute atomic E-state index is 0.0737. The number of aromatic amines is 1. The first kappa shape index (κ1) is 15.8. The number of nitrogens with zero attached hydrogens (tertiary/aromatic N) is 1. The van der Waals surface area contributed by atoms with Crippen molar-refractivity contribution >= 4 is 22.7 Å². The van der Waals surface area contributed by atoms with Gasteiger partial charge in [-0.2, -0.15) is 0 Å². The van der Waals surface area contributed by atoms with Crippen molar-refractivity contribution in [1.29, 1.82) is 0 Å². The number of hydrogen-bond donors (Lipinski definition) is 1. The molecule has 0 spiro atoms. The molecule has 23 heavy (non-hydrogen) atoms. The average Bonchev–Trinajstić information content (AvgIpc) is 2.50. The van der Waals surface area contributed by atoms with Crippen LogP contribution in [0.1, 0.15) is 34.7 Å². The Balaban J connectivity index is 1.98. The van der Waals surface area contributed by atoms with E-state index in [1.54, 1.807) is 17.8 Å². The highest BCUT2D eigenvalue weighted by molar-refractivity contribution is 7.99. The lowest BCUT2D eigenvalue weighted by molar-refractivity contribution is 0.921. The molecule has 0 saturated carbocycles. The van der Waals surface area contributed by atoms with Gasteiger partial charge in [-0.15, -0.1) is 11.8 Å². The maximum absolute atomic E-state index is 12.2. The third kappa shape index (κ3) is 3.17. The number of thioether (sulfide) groups is 1. The van der Waals surface area contributed by atoms with Gasteiger partial charge in [-0.3, -0.25) is 4.79 Å². The molecule has 0 aliphatic rings. The van der Waals surface area contributed by atoms with Crippen molar-refractivity contribution in [1.82, 2.24) is 9.97 Å². The Kier molecular flexibility index (Phi) is 4.26. The molecule has 0 aliphatic heterocycles. The van der Waals surface area contributed by atoms with Crippen molar-refractivity contribution in [3.8, 4) is 0 Å². The number of nitrogens with one attached hydrogen (secondary N) is 1. The Morgan fingerprint density at radius 1 is 1.09 bits per heavy atom. The van der Waals surface area contributed by atoms with E-state index in [0.717, 1.165) is 11.3 Å². The summed E-state index contributed by atoms with van der Waals surface area (Å²) in [4.78, 5) is 21.1. The summed E-state index contributed by atoms with van der Waals surface area (Å²) in [6, 6.07) is 11.8. The molecule has 3 rings (SSSR count). The van der Waals surface area contributed by atoms with Crippen molar-refractivity contribution in [2.75, 3.05) is 0 Å². The van der Waals surface area contributed by atoms with Crippen LogP contribution in [-0.2, 0) is 0 Å². The highest BCUT2D eigenvalue weighted by Gasteiger charge is 2.15. The fourth-order valence-corrected chi connectivity index (χ4v) is 3.95. The molecule has 1 N–H and O–H groups in total. The molecule has 0 radical (unpaired) electrons. The molecule has 1 atom stereocenters. The number of para-hydroxylation sites is 1. The largest absolute Gasteiger partial charge is 0.309 e. The Labute approximate surface area is 140 Å². The maximum atomic E-state index is 12.2. The number of benzene rings is 2. The summed E-state index contributed by atoms with van der Waals surface area (Å²) in [5.41, 5.74) is 4.48. The number of hydrogen-bond acceptors (Lipinski definition) is 3. The zero-order chi connectivity index (χ0) is 16.6. The topological polar surface area (TPSA) is 45.8 Å². The Bertz CT molecular complexity index is 907. The average molecular weight is 324 g/mol. The second-order valence-corrected chi connectivity index (χ2v) is 7.31. The van der Waals surface area contributed by atoms with Crippen LogP contribution in [0.2, 0.25) is 0 Å². The lowest BCUT2D eigenvalue weighted by atomic mass is 10.1. The molecule has 0 aliphatic carbocycles. The molecule has 0 saturated heterocycles. The number of H-pyrrole nitrogens is 1. The Hall–Kier alpha value is -2.07. The van der Waals surface area contributed by atoms with Crippen LogP contribution in [0.3, 0.4) is 0 Å². The van der Waals surface area contributed by atoms with Gasteiger partial charge in [0, 0.05) is 4.90 Å². The number of aryl methyl sites for hydroxylation is 3. The van der Waals surface area contributed by atoms with Crippen molar-refractivity contribution < 1.29 is 0 Å². The smallest absolute Gasteiger partial charge is 0.258 e. The molecular weight excluding hydrogens is 304 g/mol. The molecule has 1 aromatic heterocycles. The maximum Gasteiger partial charge on any atom is 0.258 e. The summed E-state index contributed by atoms with van der Waals surface area (Å²) in [6.45, 7) is 8.45.